The first-order chi connectivity index (χ1) is 19.7. The Kier molecular flexibility index (Phi) is 4.68. The third kappa shape index (κ3) is 3.54. The van der Waals surface area contributed by atoms with Crippen LogP contribution in [0.1, 0.15) is 0 Å². The monoisotopic (exact) mass is 544 g/mol. The van der Waals surface area contributed by atoms with E-state index in [1.54, 1.807) is 22.7 Å². The van der Waals surface area contributed by atoms with Crippen LogP contribution in [0.3, 0.4) is 0 Å². The van der Waals surface area contributed by atoms with Gasteiger partial charge in [0.25, 0.3) is 0 Å². The third-order valence-electron chi connectivity index (χ3n) is 7.80. The maximum absolute atomic E-state index is 5.05. The summed E-state index contributed by atoms with van der Waals surface area (Å²) in [6, 6.07) is 43.9. The van der Waals surface area contributed by atoms with Crippen LogP contribution < -0.4 is 0 Å². The van der Waals surface area contributed by atoms with Crippen LogP contribution in [0.2, 0.25) is 0 Å². The molecule has 4 heteroatoms. The van der Waals surface area contributed by atoms with Gasteiger partial charge in [0.15, 0.2) is 0 Å². The molecular formula is C36H20N2S2. The van der Waals surface area contributed by atoms with Crippen LogP contribution in [0.4, 0.5) is 0 Å². The minimum Gasteiger partial charge on any atom is -0.236 e. The molecule has 0 unspecified atom stereocenters. The zero-order valence-electron chi connectivity index (χ0n) is 21.3. The first-order valence-corrected chi connectivity index (χ1v) is 14.9. The number of benzene rings is 7. The lowest BCUT2D eigenvalue weighted by atomic mass is 10.0. The predicted octanol–water partition coefficient (Wildman–Crippen LogP) is 10.9. The molecular weight excluding hydrogens is 525 g/mol. The highest BCUT2D eigenvalue weighted by molar-refractivity contribution is 7.23. The molecule has 0 radical (unpaired) electrons. The summed E-state index contributed by atoms with van der Waals surface area (Å²) >= 11 is 3.48. The van der Waals surface area contributed by atoms with Crippen molar-refractivity contribution in [1.82, 2.24) is 9.97 Å². The van der Waals surface area contributed by atoms with Crippen LogP contribution >= 0.6 is 22.7 Å². The van der Waals surface area contributed by atoms with Crippen LogP contribution in [0, 0.1) is 0 Å². The summed E-state index contributed by atoms with van der Waals surface area (Å²) in [7, 11) is 0. The van der Waals surface area contributed by atoms with E-state index in [-0.39, 0.29) is 0 Å². The van der Waals surface area contributed by atoms with E-state index in [0.29, 0.717) is 0 Å². The summed E-state index contributed by atoms with van der Waals surface area (Å²) in [5, 5.41) is 12.1. The molecule has 186 valence electrons. The molecule has 9 rings (SSSR count). The number of fused-ring (bicyclic) bond motifs is 6. The van der Waals surface area contributed by atoms with Crippen molar-refractivity contribution in [2.24, 2.45) is 0 Å². The van der Waals surface area contributed by atoms with Crippen molar-refractivity contribution in [3.8, 4) is 21.1 Å². The average molecular weight is 545 g/mol. The molecule has 2 aromatic heterocycles. The molecule has 0 bridgehead atoms. The quantitative estimate of drug-likeness (QED) is 0.202. The van der Waals surface area contributed by atoms with Gasteiger partial charge in [-0.1, -0.05) is 72.8 Å². The van der Waals surface area contributed by atoms with E-state index in [9.17, 15) is 0 Å². The normalized spacial score (nSPS) is 12.0. The molecule has 0 fully saturated rings. The Morgan fingerprint density at radius 2 is 0.725 bits per heavy atom. The summed E-state index contributed by atoms with van der Waals surface area (Å²) < 4.78 is 2.34. The fraction of sp³-hybridized carbons (Fsp3) is 0. The Hall–Kier alpha value is -4.64. The molecule has 40 heavy (non-hydrogen) atoms. The SMILES string of the molecule is c1ccc2cc3cc(-c4nc5cc6sc(-c7ccc8cc9ccccc9cc8c7)nc6cc5s4)ccc3cc2c1. The molecule has 0 amide bonds. The number of nitrogens with zero attached hydrogens (tertiary/aromatic N) is 2. The highest BCUT2D eigenvalue weighted by Crippen LogP contribution is 2.38. The maximum atomic E-state index is 5.05. The minimum absolute atomic E-state index is 1.03. The maximum Gasteiger partial charge on any atom is 0.124 e. The van der Waals surface area contributed by atoms with E-state index in [2.05, 4.69) is 121 Å². The minimum atomic E-state index is 1.03. The van der Waals surface area contributed by atoms with E-state index in [4.69, 9.17) is 9.97 Å². The molecule has 0 N–H and O–H groups in total. The van der Waals surface area contributed by atoms with Crippen LogP contribution in [-0.2, 0) is 0 Å². The fourth-order valence-electron chi connectivity index (χ4n) is 5.74. The van der Waals surface area contributed by atoms with E-state index >= 15 is 0 Å². The molecule has 0 aliphatic carbocycles. The largest absolute Gasteiger partial charge is 0.236 e. The highest BCUT2D eigenvalue weighted by Gasteiger charge is 2.13. The standard InChI is InChI=1S/C36H20N2S2/c1-3-7-23-15-29-17-27(11-9-25(29)13-21(23)5-1)35-37-31-19-34-32(20-33(31)39-35)38-36(40-34)28-12-10-26-14-22-6-2-4-8-24(22)16-30(26)18-28/h1-20H. The van der Waals surface area contributed by atoms with Crippen LogP contribution in [0.25, 0.3) is 84.7 Å². The molecule has 0 spiro atoms. The first kappa shape index (κ1) is 22.2. The topological polar surface area (TPSA) is 25.8 Å². The van der Waals surface area contributed by atoms with Crippen molar-refractivity contribution in [1.29, 1.82) is 0 Å². The second kappa shape index (κ2) is 8.43. The lowest BCUT2D eigenvalue weighted by Gasteiger charge is -2.04. The van der Waals surface area contributed by atoms with Gasteiger partial charge < -0.3 is 0 Å². The Morgan fingerprint density at radius 1 is 0.350 bits per heavy atom. The van der Waals surface area contributed by atoms with Gasteiger partial charge in [-0.2, -0.15) is 0 Å². The summed E-state index contributed by atoms with van der Waals surface area (Å²) in [6.07, 6.45) is 0. The first-order valence-electron chi connectivity index (χ1n) is 13.3. The smallest absolute Gasteiger partial charge is 0.124 e. The van der Waals surface area contributed by atoms with Crippen LogP contribution in [0.15, 0.2) is 121 Å². The van der Waals surface area contributed by atoms with E-state index in [1.165, 1.54) is 52.5 Å². The van der Waals surface area contributed by atoms with Crippen LogP contribution in [0.5, 0.6) is 0 Å². The van der Waals surface area contributed by atoms with Crippen molar-refractivity contribution in [3.63, 3.8) is 0 Å². The second-order valence-corrected chi connectivity index (χ2v) is 12.4. The number of hydrogen-bond acceptors (Lipinski definition) is 4. The van der Waals surface area contributed by atoms with Crippen molar-refractivity contribution in [2.75, 3.05) is 0 Å². The molecule has 9 aromatic rings. The van der Waals surface area contributed by atoms with Gasteiger partial charge in [0.2, 0.25) is 0 Å². The predicted molar refractivity (Wildman–Crippen MR) is 174 cm³/mol. The van der Waals surface area contributed by atoms with E-state index < -0.39 is 0 Å². The average Bonchev–Trinajstić information content (AvgIpc) is 3.60. The zero-order valence-corrected chi connectivity index (χ0v) is 22.9. The van der Waals surface area contributed by atoms with Gasteiger partial charge in [-0.05, 0) is 91.6 Å². The summed E-state index contributed by atoms with van der Waals surface area (Å²) in [6.45, 7) is 0. The van der Waals surface area contributed by atoms with Gasteiger partial charge in [-0.15, -0.1) is 22.7 Å². The molecule has 0 saturated carbocycles. The Morgan fingerprint density at radius 3 is 1.15 bits per heavy atom. The molecule has 0 aliphatic heterocycles. The van der Waals surface area contributed by atoms with E-state index in [0.717, 1.165) is 32.2 Å². The Bertz CT molecular complexity index is 2230. The zero-order chi connectivity index (χ0) is 26.2. The highest BCUT2D eigenvalue weighted by atomic mass is 32.1. The van der Waals surface area contributed by atoms with E-state index in [1.807, 2.05) is 0 Å². The summed E-state index contributed by atoms with van der Waals surface area (Å²) in [5.74, 6) is 0. The van der Waals surface area contributed by atoms with Gasteiger partial charge in [0.1, 0.15) is 10.0 Å². The van der Waals surface area contributed by atoms with Gasteiger partial charge >= 0.3 is 0 Å². The Labute approximate surface area is 237 Å². The van der Waals surface area contributed by atoms with Gasteiger partial charge in [-0.3, -0.25) is 0 Å². The van der Waals surface area contributed by atoms with Gasteiger partial charge in [0.05, 0.1) is 20.4 Å². The molecule has 2 heterocycles. The summed E-state index contributed by atoms with van der Waals surface area (Å²) in [4.78, 5) is 10.1. The van der Waals surface area contributed by atoms with Crippen molar-refractivity contribution >= 4 is 86.2 Å². The number of rotatable bonds is 2. The lowest BCUT2D eigenvalue weighted by Crippen LogP contribution is -1.80. The third-order valence-corrected chi connectivity index (χ3v) is 9.94. The van der Waals surface area contributed by atoms with Gasteiger partial charge in [-0.25, -0.2) is 9.97 Å². The van der Waals surface area contributed by atoms with Crippen molar-refractivity contribution in [2.45, 2.75) is 0 Å². The lowest BCUT2D eigenvalue weighted by molar-refractivity contribution is 1.48. The molecule has 0 saturated heterocycles. The molecule has 2 nitrogen and oxygen atoms in total. The number of aromatic nitrogens is 2. The van der Waals surface area contributed by atoms with Crippen molar-refractivity contribution in [3.05, 3.63) is 121 Å². The Balaban J connectivity index is 1.11. The second-order valence-electron chi connectivity index (χ2n) is 10.3. The molecule has 0 aliphatic rings. The van der Waals surface area contributed by atoms with Gasteiger partial charge in [0, 0.05) is 11.1 Å². The number of hydrogen-bond donors (Lipinski definition) is 0. The van der Waals surface area contributed by atoms with Crippen LogP contribution in [-0.4, -0.2) is 9.97 Å². The fourth-order valence-corrected chi connectivity index (χ4v) is 7.70. The molecule has 7 aromatic carbocycles. The summed E-state index contributed by atoms with van der Waals surface area (Å²) in [5.41, 5.74) is 4.38. The number of thiazole rings is 2. The molecule has 0 atom stereocenters. The van der Waals surface area contributed by atoms with Crippen molar-refractivity contribution < 1.29 is 0 Å².